The van der Waals surface area contributed by atoms with Crippen molar-refractivity contribution in [2.24, 2.45) is 22.7 Å². The van der Waals surface area contributed by atoms with E-state index in [2.05, 4.69) is 44.1 Å². The lowest BCUT2D eigenvalue weighted by Gasteiger charge is -2.33. The second-order valence-corrected chi connectivity index (χ2v) is 9.41. The first-order chi connectivity index (χ1) is 11.8. The molecule has 0 aliphatic carbocycles. The highest BCUT2D eigenvalue weighted by atomic mass is 16.6. The van der Waals surface area contributed by atoms with Gasteiger partial charge in [0.25, 0.3) is 0 Å². The van der Waals surface area contributed by atoms with Crippen LogP contribution in [0.1, 0.15) is 66.7 Å². The maximum absolute atomic E-state index is 11.9. The maximum atomic E-state index is 11.9. The monoisotopic (exact) mass is 364 g/mol. The maximum Gasteiger partial charge on any atom is 0.321 e. The molecule has 2 fully saturated rings. The van der Waals surface area contributed by atoms with Crippen molar-refractivity contribution in [1.82, 2.24) is 0 Å². The highest BCUT2D eigenvalue weighted by Crippen LogP contribution is 2.40. The molecule has 2 atom stereocenters. The molecular weight excluding hydrogens is 336 g/mol. The second-order valence-electron chi connectivity index (χ2n) is 9.41. The number of ether oxygens (including phenoxy) is 2. The van der Waals surface area contributed by atoms with E-state index in [0.29, 0.717) is 12.8 Å². The predicted molar refractivity (Wildman–Crippen MR) is 93.6 cm³/mol. The van der Waals surface area contributed by atoms with Crippen LogP contribution in [0.4, 0.5) is 0 Å². The van der Waals surface area contributed by atoms with Crippen LogP contribution in [0.2, 0.25) is 0 Å². The summed E-state index contributed by atoms with van der Waals surface area (Å²) in [6.07, 6.45) is 3.81. The van der Waals surface area contributed by atoms with E-state index < -0.39 is 35.7 Å². The molecule has 0 bridgehead atoms. The summed E-state index contributed by atoms with van der Waals surface area (Å²) >= 11 is 0. The highest BCUT2D eigenvalue weighted by molar-refractivity contribution is 5.96. The first-order valence-electron chi connectivity index (χ1n) is 9.03. The van der Waals surface area contributed by atoms with E-state index in [0.717, 1.165) is 12.0 Å². The van der Waals surface area contributed by atoms with Crippen LogP contribution in [0.3, 0.4) is 0 Å². The number of esters is 4. The Morgan fingerprint density at radius 1 is 0.962 bits per heavy atom. The Morgan fingerprint density at radius 3 is 2.00 bits per heavy atom. The minimum absolute atomic E-state index is 0.0239. The molecule has 0 aromatic rings. The molecule has 2 saturated heterocycles. The molecule has 6 nitrogen and oxygen atoms in total. The van der Waals surface area contributed by atoms with Gasteiger partial charge in [-0.05, 0) is 30.1 Å². The fourth-order valence-electron chi connectivity index (χ4n) is 4.21. The smallest absolute Gasteiger partial charge is 0.321 e. The summed E-state index contributed by atoms with van der Waals surface area (Å²) in [5, 5.41) is 0. The number of carbonyl (C=O) groups excluding carboxylic acids is 4. The Hall–Kier alpha value is -1.98. The molecule has 0 saturated carbocycles. The average Bonchev–Trinajstić information content (AvgIpc) is 2.88. The van der Waals surface area contributed by atoms with Crippen LogP contribution in [-0.2, 0) is 28.7 Å². The first-order valence-corrected chi connectivity index (χ1v) is 9.03. The topological polar surface area (TPSA) is 86.7 Å². The van der Waals surface area contributed by atoms with Gasteiger partial charge in [-0.1, -0.05) is 46.3 Å². The van der Waals surface area contributed by atoms with Gasteiger partial charge in [0.15, 0.2) is 0 Å². The van der Waals surface area contributed by atoms with Crippen molar-refractivity contribution in [3.8, 4) is 0 Å². The minimum Gasteiger partial charge on any atom is -0.393 e. The number of rotatable bonds is 6. The summed E-state index contributed by atoms with van der Waals surface area (Å²) in [5.74, 6) is -3.24. The van der Waals surface area contributed by atoms with Gasteiger partial charge in [-0.3, -0.25) is 19.2 Å². The molecule has 2 unspecified atom stereocenters. The van der Waals surface area contributed by atoms with Gasteiger partial charge in [-0.15, -0.1) is 0 Å². The van der Waals surface area contributed by atoms with Crippen LogP contribution >= 0.6 is 0 Å². The fourth-order valence-corrected chi connectivity index (χ4v) is 4.21. The van der Waals surface area contributed by atoms with Gasteiger partial charge in [0.2, 0.25) is 0 Å². The van der Waals surface area contributed by atoms with Crippen molar-refractivity contribution >= 4 is 23.9 Å². The zero-order chi connectivity index (χ0) is 19.7. The molecule has 6 heteroatoms. The van der Waals surface area contributed by atoms with Crippen LogP contribution in [0.15, 0.2) is 11.6 Å². The molecule has 144 valence electrons. The number of allylic oxidation sites excluding steroid dienone is 1. The zero-order valence-corrected chi connectivity index (χ0v) is 16.2. The van der Waals surface area contributed by atoms with E-state index in [1.165, 1.54) is 0 Å². The normalized spacial score (nSPS) is 24.9. The SMILES string of the molecule is CC(C)(C)CC(C)(C)C/C(=C\C1CC(=O)OC1=O)CC1CC(=O)OC1=O. The minimum atomic E-state index is -0.615. The lowest BCUT2D eigenvalue weighted by Crippen LogP contribution is -2.22. The molecule has 0 aromatic heterocycles. The molecule has 0 N–H and O–H groups in total. The van der Waals surface area contributed by atoms with Crippen molar-refractivity contribution in [3.63, 3.8) is 0 Å². The Kier molecular flexibility index (Phi) is 5.73. The predicted octanol–water partition coefficient (Wildman–Crippen LogP) is 3.33. The van der Waals surface area contributed by atoms with E-state index in [1.54, 1.807) is 6.08 Å². The summed E-state index contributed by atoms with van der Waals surface area (Å²) in [6, 6.07) is 0. The third-order valence-electron chi connectivity index (χ3n) is 4.52. The van der Waals surface area contributed by atoms with Crippen LogP contribution in [-0.4, -0.2) is 23.9 Å². The van der Waals surface area contributed by atoms with Crippen LogP contribution in [0, 0.1) is 22.7 Å². The summed E-state index contributed by atoms with van der Waals surface area (Å²) in [5.41, 5.74) is 0.954. The summed E-state index contributed by atoms with van der Waals surface area (Å²) in [6.45, 7) is 10.8. The van der Waals surface area contributed by atoms with Crippen LogP contribution in [0.5, 0.6) is 0 Å². The molecule has 0 amide bonds. The number of cyclic esters (lactones) is 4. The quantitative estimate of drug-likeness (QED) is 0.408. The Bertz CT molecular complexity index is 650. The molecule has 2 aliphatic heterocycles. The summed E-state index contributed by atoms with van der Waals surface area (Å²) in [7, 11) is 0. The van der Waals surface area contributed by atoms with E-state index in [4.69, 9.17) is 0 Å². The third-order valence-corrected chi connectivity index (χ3v) is 4.52. The number of hydrogen-bond donors (Lipinski definition) is 0. The lowest BCUT2D eigenvalue weighted by atomic mass is 9.72. The Morgan fingerprint density at radius 2 is 1.54 bits per heavy atom. The van der Waals surface area contributed by atoms with Gasteiger partial charge in [-0.2, -0.15) is 0 Å². The van der Waals surface area contributed by atoms with Gasteiger partial charge in [-0.25, -0.2) is 0 Å². The van der Waals surface area contributed by atoms with Gasteiger partial charge in [0, 0.05) is 0 Å². The van der Waals surface area contributed by atoms with Gasteiger partial charge < -0.3 is 9.47 Å². The highest BCUT2D eigenvalue weighted by Gasteiger charge is 2.37. The zero-order valence-electron chi connectivity index (χ0n) is 16.2. The molecule has 2 aliphatic rings. The Labute approximate surface area is 154 Å². The molecular formula is C20H28O6. The van der Waals surface area contributed by atoms with Crippen LogP contribution < -0.4 is 0 Å². The third kappa shape index (κ3) is 5.78. The molecule has 0 aromatic carbocycles. The van der Waals surface area contributed by atoms with Crippen molar-refractivity contribution in [3.05, 3.63) is 11.6 Å². The number of carbonyl (C=O) groups is 4. The molecule has 2 rings (SSSR count). The second kappa shape index (κ2) is 7.33. The van der Waals surface area contributed by atoms with Crippen molar-refractivity contribution in [2.75, 3.05) is 0 Å². The van der Waals surface area contributed by atoms with E-state index in [-0.39, 0.29) is 23.7 Å². The van der Waals surface area contributed by atoms with Crippen LogP contribution in [0.25, 0.3) is 0 Å². The van der Waals surface area contributed by atoms with E-state index in [1.807, 2.05) is 0 Å². The van der Waals surface area contributed by atoms with Gasteiger partial charge in [0.05, 0.1) is 24.7 Å². The largest absolute Gasteiger partial charge is 0.393 e. The van der Waals surface area contributed by atoms with Crippen molar-refractivity contribution in [2.45, 2.75) is 66.7 Å². The molecule has 2 heterocycles. The molecule has 26 heavy (non-hydrogen) atoms. The summed E-state index contributed by atoms with van der Waals surface area (Å²) < 4.78 is 9.27. The first kappa shape index (κ1) is 20.3. The lowest BCUT2D eigenvalue weighted by molar-refractivity contribution is -0.154. The van der Waals surface area contributed by atoms with Crippen molar-refractivity contribution in [1.29, 1.82) is 0 Å². The standard InChI is InChI=1S/C20H28O6/c1-19(2,3)11-20(4,5)10-12(6-13-8-15(21)25-17(13)23)7-14-9-16(22)26-18(14)24/h6,13-14H,7-11H2,1-5H3/b12-6-. The van der Waals surface area contributed by atoms with E-state index >= 15 is 0 Å². The van der Waals surface area contributed by atoms with Gasteiger partial charge in [0.1, 0.15) is 0 Å². The Balaban J connectivity index is 2.20. The number of hydrogen-bond acceptors (Lipinski definition) is 6. The molecule has 0 radical (unpaired) electrons. The molecule has 0 spiro atoms. The fraction of sp³-hybridized carbons (Fsp3) is 0.700. The van der Waals surface area contributed by atoms with Gasteiger partial charge >= 0.3 is 23.9 Å². The average molecular weight is 364 g/mol. The van der Waals surface area contributed by atoms with E-state index in [9.17, 15) is 19.2 Å². The van der Waals surface area contributed by atoms with Crippen molar-refractivity contribution < 1.29 is 28.7 Å². The summed E-state index contributed by atoms with van der Waals surface area (Å²) in [4.78, 5) is 46.4.